The van der Waals surface area contributed by atoms with Crippen LogP contribution in [0.15, 0.2) is 6.20 Å². The van der Waals surface area contributed by atoms with Gasteiger partial charge in [0.25, 0.3) is 0 Å². The molecule has 0 spiro atoms. The van der Waals surface area contributed by atoms with Crippen molar-refractivity contribution in [2.75, 3.05) is 5.32 Å². The van der Waals surface area contributed by atoms with E-state index in [0.29, 0.717) is 11.5 Å². The van der Waals surface area contributed by atoms with Gasteiger partial charge in [0.15, 0.2) is 5.13 Å². The van der Waals surface area contributed by atoms with Crippen molar-refractivity contribution in [1.29, 1.82) is 0 Å². The third-order valence-corrected chi connectivity index (χ3v) is 3.82. The van der Waals surface area contributed by atoms with Gasteiger partial charge in [0, 0.05) is 6.04 Å². The Hall–Kier alpha value is -0.280. The second-order valence-corrected chi connectivity index (χ2v) is 6.38. The molecule has 2 rings (SSSR count). The minimum absolute atomic E-state index is 0.485. The van der Waals surface area contributed by atoms with Gasteiger partial charge in [-0.1, -0.05) is 36.8 Å². The quantitative estimate of drug-likeness (QED) is 0.836. The normalized spacial score (nSPS) is 25.2. The summed E-state index contributed by atoms with van der Waals surface area (Å²) < 4.78 is 0.754. The molecule has 1 atom stereocenters. The molecule has 0 bridgehead atoms. The van der Waals surface area contributed by atoms with Gasteiger partial charge in [0.05, 0.1) is 6.20 Å². The zero-order valence-electron chi connectivity index (χ0n) is 8.51. The standard InChI is InChI=1S/C10H15ClN2S/c1-10(2)4-3-7(5-10)13-9-12-6-8(11)14-9/h6-7H,3-5H2,1-2H3,(H,12,13). The summed E-state index contributed by atoms with van der Waals surface area (Å²) in [6.45, 7) is 4.65. The molecule has 4 heteroatoms. The molecule has 0 radical (unpaired) electrons. The fraction of sp³-hybridized carbons (Fsp3) is 0.700. The fourth-order valence-electron chi connectivity index (χ4n) is 2.06. The molecule has 0 amide bonds. The van der Waals surface area contributed by atoms with Crippen LogP contribution in [0.25, 0.3) is 0 Å². The molecular weight excluding hydrogens is 216 g/mol. The maximum absolute atomic E-state index is 5.82. The molecule has 1 saturated carbocycles. The first-order chi connectivity index (χ1) is 6.55. The van der Waals surface area contributed by atoms with Crippen molar-refractivity contribution in [2.45, 2.75) is 39.2 Å². The number of nitrogens with one attached hydrogen (secondary N) is 1. The van der Waals surface area contributed by atoms with Crippen molar-refractivity contribution in [1.82, 2.24) is 4.98 Å². The van der Waals surface area contributed by atoms with Crippen molar-refractivity contribution in [3.05, 3.63) is 10.5 Å². The van der Waals surface area contributed by atoms with Gasteiger partial charge < -0.3 is 5.32 Å². The topological polar surface area (TPSA) is 24.9 Å². The summed E-state index contributed by atoms with van der Waals surface area (Å²) in [5.41, 5.74) is 0.485. The van der Waals surface area contributed by atoms with Crippen LogP contribution in [0.3, 0.4) is 0 Å². The molecule has 1 heterocycles. The van der Waals surface area contributed by atoms with E-state index in [-0.39, 0.29) is 0 Å². The van der Waals surface area contributed by atoms with Crippen molar-refractivity contribution < 1.29 is 0 Å². The van der Waals surface area contributed by atoms with E-state index in [9.17, 15) is 0 Å². The summed E-state index contributed by atoms with van der Waals surface area (Å²) in [5.74, 6) is 0. The number of hydrogen-bond acceptors (Lipinski definition) is 3. The lowest BCUT2D eigenvalue weighted by Gasteiger charge is -2.17. The van der Waals surface area contributed by atoms with Crippen LogP contribution in [0.5, 0.6) is 0 Å². The minimum atomic E-state index is 0.485. The van der Waals surface area contributed by atoms with Gasteiger partial charge in [-0.3, -0.25) is 0 Å². The van der Waals surface area contributed by atoms with Crippen molar-refractivity contribution >= 4 is 28.1 Å². The monoisotopic (exact) mass is 230 g/mol. The molecule has 14 heavy (non-hydrogen) atoms. The van der Waals surface area contributed by atoms with Crippen molar-refractivity contribution in [3.8, 4) is 0 Å². The molecule has 1 aromatic rings. The number of aromatic nitrogens is 1. The van der Waals surface area contributed by atoms with Gasteiger partial charge in [0.1, 0.15) is 4.34 Å². The lowest BCUT2D eigenvalue weighted by Crippen LogP contribution is -2.17. The molecule has 0 saturated heterocycles. The van der Waals surface area contributed by atoms with Gasteiger partial charge in [-0.2, -0.15) is 0 Å². The van der Waals surface area contributed by atoms with Crippen LogP contribution in [0.2, 0.25) is 4.34 Å². The zero-order chi connectivity index (χ0) is 10.2. The van der Waals surface area contributed by atoms with E-state index >= 15 is 0 Å². The Morgan fingerprint density at radius 3 is 2.93 bits per heavy atom. The van der Waals surface area contributed by atoms with Gasteiger partial charge in [-0.05, 0) is 24.7 Å². The molecule has 1 N–H and O–H groups in total. The third kappa shape index (κ3) is 2.39. The van der Waals surface area contributed by atoms with Crippen LogP contribution in [-0.4, -0.2) is 11.0 Å². The van der Waals surface area contributed by atoms with Gasteiger partial charge in [-0.25, -0.2) is 4.98 Å². The second kappa shape index (κ2) is 3.70. The summed E-state index contributed by atoms with van der Waals surface area (Å²) in [7, 11) is 0. The Bertz CT molecular complexity index is 322. The first kappa shape index (κ1) is 10.2. The van der Waals surface area contributed by atoms with Crippen molar-refractivity contribution in [3.63, 3.8) is 0 Å². The van der Waals surface area contributed by atoms with E-state index in [0.717, 1.165) is 9.47 Å². The number of nitrogens with zero attached hydrogens (tertiary/aromatic N) is 1. The molecule has 1 aromatic heterocycles. The van der Waals surface area contributed by atoms with Gasteiger partial charge >= 0.3 is 0 Å². The van der Waals surface area contributed by atoms with E-state index < -0.39 is 0 Å². The summed E-state index contributed by atoms with van der Waals surface area (Å²) in [4.78, 5) is 4.20. The number of anilines is 1. The Labute approximate surface area is 93.7 Å². The van der Waals surface area contributed by atoms with E-state index in [2.05, 4.69) is 24.1 Å². The summed E-state index contributed by atoms with van der Waals surface area (Å²) in [5, 5.41) is 4.40. The molecule has 1 aliphatic rings. The average molecular weight is 231 g/mol. The SMILES string of the molecule is CC1(C)CCC(Nc2ncc(Cl)s2)C1. The summed E-state index contributed by atoms with van der Waals surface area (Å²) in [6.07, 6.45) is 5.47. The molecule has 1 aliphatic carbocycles. The Morgan fingerprint density at radius 2 is 2.43 bits per heavy atom. The molecule has 0 aromatic carbocycles. The Balaban J connectivity index is 1.94. The predicted octanol–water partition coefficient (Wildman–Crippen LogP) is 3.79. The molecular formula is C10H15ClN2S. The van der Waals surface area contributed by atoms with Crippen LogP contribution in [-0.2, 0) is 0 Å². The number of thiazole rings is 1. The van der Waals surface area contributed by atoms with Crippen LogP contribution in [0.1, 0.15) is 33.1 Å². The predicted molar refractivity (Wildman–Crippen MR) is 62.2 cm³/mol. The van der Waals surface area contributed by atoms with Crippen LogP contribution in [0.4, 0.5) is 5.13 Å². The largest absolute Gasteiger partial charge is 0.359 e. The second-order valence-electron chi connectivity index (χ2n) is 4.72. The van der Waals surface area contributed by atoms with E-state index in [1.807, 2.05) is 0 Å². The van der Waals surface area contributed by atoms with E-state index in [4.69, 9.17) is 11.6 Å². The summed E-state index contributed by atoms with van der Waals surface area (Å²) in [6, 6.07) is 0.576. The number of rotatable bonds is 2. The highest BCUT2D eigenvalue weighted by molar-refractivity contribution is 7.19. The fourth-order valence-corrected chi connectivity index (χ4v) is 2.94. The van der Waals surface area contributed by atoms with Gasteiger partial charge in [0.2, 0.25) is 0 Å². The molecule has 1 unspecified atom stereocenters. The Kier molecular flexibility index (Phi) is 2.71. The molecule has 1 fully saturated rings. The first-order valence-electron chi connectivity index (χ1n) is 4.93. The lowest BCUT2D eigenvalue weighted by molar-refractivity contribution is 0.378. The smallest absolute Gasteiger partial charge is 0.184 e. The zero-order valence-corrected chi connectivity index (χ0v) is 10.1. The highest BCUT2D eigenvalue weighted by Gasteiger charge is 2.31. The van der Waals surface area contributed by atoms with E-state index in [1.54, 1.807) is 6.20 Å². The lowest BCUT2D eigenvalue weighted by atomic mass is 9.92. The van der Waals surface area contributed by atoms with Crippen LogP contribution in [0, 0.1) is 5.41 Å². The number of halogens is 1. The third-order valence-electron chi connectivity index (χ3n) is 2.77. The first-order valence-corrected chi connectivity index (χ1v) is 6.12. The van der Waals surface area contributed by atoms with Crippen molar-refractivity contribution in [2.24, 2.45) is 5.41 Å². The highest BCUT2D eigenvalue weighted by Crippen LogP contribution is 2.38. The average Bonchev–Trinajstić information content (AvgIpc) is 2.59. The van der Waals surface area contributed by atoms with Gasteiger partial charge in [-0.15, -0.1) is 0 Å². The molecule has 0 aliphatic heterocycles. The maximum atomic E-state index is 5.82. The van der Waals surface area contributed by atoms with Crippen LogP contribution < -0.4 is 5.32 Å². The number of hydrogen-bond donors (Lipinski definition) is 1. The molecule has 2 nitrogen and oxygen atoms in total. The highest BCUT2D eigenvalue weighted by atomic mass is 35.5. The van der Waals surface area contributed by atoms with Crippen LogP contribution >= 0.6 is 22.9 Å². The maximum Gasteiger partial charge on any atom is 0.184 e. The minimum Gasteiger partial charge on any atom is -0.359 e. The summed E-state index contributed by atoms with van der Waals surface area (Å²) >= 11 is 7.34. The van der Waals surface area contributed by atoms with E-state index in [1.165, 1.54) is 30.6 Å². The molecule has 78 valence electrons. The Morgan fingerprint density at radius 1 is 1.64 bits per heavy atom.